The number of carbonyl (C=O) groups excluding carboxylic acids is 1. The predicted octanol–water partition coefficient (Wildman–Crippen LogP) is 3.57. The lowest BCUT2D eigenvalue weighted by molar-refractivity contribution is 0.103. The molecule has 0 atom stereocenters. The molecule has 4 nitrogen and oxygen atoms in total. The van der Waals surface area contributed by atoms with Crippen LogP contribution in [0.1, 0.15) is 32.6 Å². The van der Waals surface area contributed by atoms with E-state index in [9.17, 15) is 9.90 Å². The van der Waals surface area contributed by atoms with Crippen LogP contribution < -0.4 is 9.47 Å². The molecule has 7 heteroatoms. The first kappa shape index (κ1) is 23.8. The van der Waals surface area contributed by atoms with Gasteiger partial charge in [-0.15, -0.1) is 12.4 Å². The van der Waals surface area contributed by atoms with E-state index in [1.807, 2.05) is 26.0 Å². The molecule has 0 spiro atoms. The van der Waals surface area contributed by atoms with E-state index in [-0.39, 0.29) is 52.6 Å². The fourth-order valence-corrected chi connectivity index (χ4v) is 3.01. The van der Waals surface area contributed by atoms with Gasteiger partial charge in [0.1, 0.15) is 0 Å². The number of methoxy groups -OCH3 is 2. The first-order chi connectivity index (χ1) is 10.8. The Kier molecular flexibility index (Phi) is 9.04. The smallest absolute Gasteiger partial charge is 0.203 e. The van der Waals surface area contributed by atoms with Crippen LogP contribution in [0.2, 0.25) is 0 Å². The maximum absolute atomic E-state index is 13.1. The zero-order valence-corrected chi connectivity index (χ0v) is 16.6. The van der Waals surface area contributed by atoms with Gasteiger partial charge in [0.05, 0.1) is 19.8 Å². The van der Waals surface area contributed by atoms with Crippen molar-refractivity contribution in [3.63, 3.8) is 0 Å². The van der Waals surface area contributed by atoms with Gasteiger partial charge in [-0.05, 0) is 49.6 Å². The second-order valence-electron chi connectivity index (χ2n) is 5.35. The van der Waals surface area contributed by atoms with Crippen LogP contribution in [0.25, 0.3) is 0 Å². The lowest BCUT2D eigenvalue weighted by Crippen LogP contribution is -2.10. The van der Waals surface area contributed by atoms with Gasteiger partial charge in [0.15, 0.2) is 34.6 Å². The van der Waals surface area contributed by atoms with Gasteiger partial charge < -0.3 is 14.6 Å². The quantitative estimate of drug-likeness (QED) is 0.577. The minimum absolute atomic E-state index is 0. The molecule has 1 N–H and O–H groups in total. The van der Waals surface area contributed by atoms with E-state index in [0.717, 1.165) is 15.6 Å². The summed E-state index contributed by atoms with van der Waals surface area (Å²) < 4.78 is 11.2. The number of benzene rings is 2. The van der Waals surface area contributed by atoms with Crippen LogP contribution in [0.5, 0.6) is 17.2 Å². The first-order valence-electron chi connectivity index (χ1n) is 7.08. The number of aromatic hydroxyl groups is 1. The van der Waals surface area contributed by atoms with Crippen molar-refractivity contribution in [2.75, 3.05) is 14.2 Å². The van der Waals surface area contributed by atoms with Crippen molar-refractivity contribution in [3.8, 4) is 17.2 Å². The van der Waals surface area contributed by atoms with Crippen LogP contribution in [0, 0.1) is 20.8 Å². The summed E-state index contributed by atoms with van der Waals surface area (Å²) in [5, 5.41) is 10.5. The number of hydrogen-bond acceptors (Lipinski definition) is 4. The second-order valence-corrected chi connectivity index (χ2v) is 6.20. The van der Waals surface area contributed by atoms with Gasteiger partial charge in [-0.3, -0.25) is 4.79 Å². The SMILES string of the molecule is COc1cc(C)c(C(=O)c2c(C)ccc(Br)c2C)c(O)c1OC.Cl.[AlH3]. The summed E-state index contributed by atoms with van der Waals surface area (Å²) >= 11 is 3.45. The van der Waals surface area contributed by atoms with Gasteiger partial charge in [-0.1, -0.05) is 22.0 Å². The van der Waals surface area contributed by atoms with E-state index in [0.29, 0.717) is 16.9 Å². The Balaban J connectivity index is 0.00000288. The molecule has 0 aromatic heterocycles. The lowest BCUT2D eigenvalue weighted by Gasteiger charge is -2.17. The minimum Gasteiger partial charge on any atom is -0.504 e. The van der Waals surface area contributed by atoms with Gasteiger partial charge in [-0.2, -0.15) is 0 Å². The lowest BCUT2D eigenvalue weighted by atomic mass is 9.91. The minimum atomic E-state index is -0.239. The summed E-state index contributed by atoms with van der Waals surface area (Å²) in [4.78, 5) is 13.1. The molecule has 0 bridgehead atoms. The van der Waals surface area contributed by atoms with Crippen LogP contribution in [0.3, 0.4) is 0 Å². The highest BCUT2D eigenvalue weighted by Gasteiger charge is 2.25. The summed E-state index contributed by atoms with van der Waals surface area (Å²) in [7, 11) is 2.91. The fourth-order valence-electron chi connectivity index (χ4n) is 2.68. The Morgan fingerprint density at radius 3 is 2.16 bits per heavy atom. The molecule has 0 fully saturated rings. The summed E-state index contributed by atoms with van der Waals surface area (Å²) in [6, 6.07) is 5.47. The van der Waals surface area contributed by atoms with Crippen LogP contribution >= 0.6 is 28.3 Å². The molecule has 0 saturated heterocycles. The third kappa shape index (κ3) is 4.32. The molecule has 0 radical (unpaired) electrons. The average Bonchev–Trinajstić information content (AvgIpc) is 2.50. The van der Waals surface area contributed by atoms with Crippen LogP contribution in [-0.4, -0.2) is 42.5 Å². The van der Waals surface area contributed by atoms with E-state index in [1.165, 1.54) is 14.2 Å². The molecule has 0 saturated carbocycles. The molecule has 2 aromatic rings. The first-order valence-corrected chi connectivity index (χ1v) is 7.87. The summed E-state index contributed by atoms with van der Waals surface area (Å²) in [5.41, 5.74) is 3.12. The number of rotatable bonds is 4. The number of halogens is 2. The molecule has 136 valence electrons. The molecule has 0 aliphatic heterocycles. The van der Waals surface area contributed by atoms with E-state index in [2.05, 4.69) is 15.9 Å². The maximum Gasteiger partial charge on any atom is 0.203 e. The Morgan fingerprint density at radius 1 is 1.04 bits per heavy atom. The van der Waals surface area contributed by atoms with E-state index >= 15 is 0 Å². The number of phenolic OH excluding ortho intramolecular Hbond substituents is 1. The van der Waals surface area contributed by atoms with Gasteiger partial charge in [-0.25, -0.2) is 0 Å². The molecule has 0 unspecified atom stereocenters. The molecule has 2 aromatic carbocycles. The summed E-state index contributed by atoms with van der Waals surface area (Å²) in [5.74, 6) is 0.110. The Bertz CT molecular complexity index is 793. The molecule has 0 aliphatic rings. The highest BCUT2D eigenvalue weighted by molar-refractivity contribution is 9.10. The van der Waals surface area contributed by atoms with Crippen molar-refractivity contribution < 1.29 is 19.4 Å². The summed E-state index contributed by atoms with van der Waals surface area (Å²) in [6.45, 7) is 5.51. The monoisotopic (exact) mass is 444 g/mol. The third-order valence-corrected chi connectivity index (χ3v) is 4.76. The van der Waals surface area contributed by atoms with Crippen molar-refractivity contribution >= 4 is 51.5 Å². The predicted molar refractivity (Wildman–Crippen MR) is 110 cm³/mol. The normalized spacial score (nSPS) is 9.68. The van der Waals surface area contributed by atoms with Gasteiger partial charge in [0.2, 0.25) is 5.75 Å². The molecule has 0 amide bonds. The molecule has 0 heterocycles. The molecular formula is C18H23AlBrClO4. The van der Waals surface area contributed by atoms with Crippen molar-refractivity contribution in [1.82, 2.24) is 0 Å². The number of phenols is 1. The van der Waals surface area contributed by atoms with Crippen LogP contribution in [0.15, 0.2) is 22.7 Å². The topological polar surface area (TPSA) is 55.8 Å². The van der Waals surface area contributed by atoms with Crippen molar-refractivity contribution in [3.05, 3.63) is 50.5 Å². The van der Waals surface area contributed by atoms with E-state index < -0.39 is 0 Å². The molecule has 25 heavy (non-hydrogen) atoms. The van der Waals surface area contributed by atoms with E-state index in [1.54, 1.807) is 13.0 Å². The number of hydrogen-bond donors (Lipinski definition) is 1. The second kappa shape index (κ2) is 9.49. The number of aryl methyl sites for hydroxylation is 2. The third-order valence-electron chi connectivity index (χ3n) is 3.90. The Hall–Kier alpha value is -1.19. The van der Waals surface area contributed by atoms with E-state index in [4.69, 9.17) is 9.47 Å². The zero-order chi connectivity index (χ0) is 17.3. The number of carbonyl (C=O) groups is 1. The average molecular weight is 446 g/mol. The standard InChI is InChI=1S/C18H19BrO4.Al.ClH.3H/c1-9-6-7-12(19)11(3)14(9)16(20)15-10(2)8-13(22-4)18(23-5)17(15)21;;;;;/h6-8,21H,1-5H3;;1H;;;. The Morgan fingerprint density at radius 2 is 1.64 bits per heavy atom. The molecular weight excluding hydrogens is 423 g/mol. The van der Waals surface area contributed by atoms with Gasteiger partial charge >= 0.3 is 0 Å². The van der Waals surface area contributed by atoms with Gasteiger partial charge in [0.25, 0.3) is 0 Å². The zero-order valence-electron chi connectivity index (χ0n) is 14.2. The highest BCUT2D eigenvalue weighted by atomic mass is 79.9. The van der Waals surface area contributed by atoms with Gasteiger partial charge in [0, 0.05) is 10.0 Å². The Labute approximate surface area is 173 Å². The molecule has 0 aliphatic carbocycles. The maximum atomic E-state index is 13.1. The highest BCUT2D eigenvalue weighted by Crippen LogP contribution is 2.42. The van der Waals surface area contributed by atoms with Crippen molar-refractivity contribution in [1.29, 1.82) is 0 Å². The fraction of sp³-hybridized carbons (Fsp3) is 0.278. The number of ketones is 1. The van der Waals surface area contributed by atoms with Crippen LogP contribution in [0.4, 0.5) is 0 Å². The van der Waals surface area contributed by atoms with Crippen molar-refractivity contribution in [2.45, 2.75) is 20.8 Å². The largest absolute Gasteiger partial charge is 0.504 e. The summed E-state index contributed by atoms with van der Waals surface area (Å²) in [6.07, 6.45) is 0. The van der Waals surface area contributed by atoms with Crippen molar-refractivity contribution in [2.24, 2.45) is 0 Å². The van der Waals surface area contributed by atoms with Crippen LogP contribution in [-0.2, 0) is 0 Å². The number of ether oxygens (including phenoxy) is 2. The molecule has 2 rings (SSSR count).